The highest BCUT2D eigenvalue weighted by molar-refractivity contribution is 7.91. The van der Waals surface area contributed by atoms with Crippen molar-refractivity contribution in [3.05, 3.63) is 17.0 Å². The molecule has 0 spiro atoms. The molecule has 1 aromatic rings. The topological polar surface area (TPSA) is 92.5 Å². The summed E-state index contributed by atoms with van der Waals surface area (Å²) < 4.78 is 27.0. The Morgan fingerprint density at radius 3 is 2.81 bits per heavy atom. The van der Waals surface area contributed by atoms with E-state index in [0.29, 0.717) is 30.4 Å². The molecule has 0 aliphatic carbocycles. The summed E-state index contributed by atoms with van der Waals surface area (Å²) in [5.74, 6) is -0.133. The Hall–Kier alpha value is -0.960. The summed E-state index contributed by atoms with van der Waals surface area (Å²) in [4.78, 5) is 11.7. The lowest BCUT2D eigenvalue weighted by atomic mass is 9.90. The number of sulfonamides is 1. The van der Waals surface area contributed by atoms with E-state index in [-0.39, 0.29) is 11.3 Å². The highest BCUT2D eigenvalue weighted by atomic mass is 32.2. The molecule has 1 saturated heterocycles. The number of nitrogens with zero attached hydrogens (tertiary/aromatic N) is 1. The van der Waals surface area contributed by atoms with E-state index in [1.807, 2.05) is 6.92 Å². The first-order chi connectivity index (χ1) is 9.77. The second kappa shape index (κ2) is 6.04. The van der Waals surface area contributed by atoms with Crippen molar-refractivity contribution in [2.24, 2.45) is 11.1 Å². The van der Waals surface area contributed by atoms with Gasteiger partial charge in [-0.2, -0.15) is 4.31 Å². The summed E-state index contributed by atoms with van der Waals surface area (Å²) in [5.41, 5.74) is 5.59. The number of hydrogen-bond donors (Lipinski definition) is 2. The average Bonchev–Trinajstić information content (AvgIpc) is 3.04. The minimum absolute atomic E-state index is 0.133. The normalized spacial score (nSPS) is 23.4. The van der Waals surface area contributed by atoms with Gasteiger partial charge in [0.15, 0.2) is 0 Å². The van der Waals surface area contributed by atoms with Crippen LogP contribution in [0, 0.1) is 5.41 Å². The lowest BCUT2D eigenvalue weighted by molar-refractivity contribution is -0.119. The van der Waals surface area contributed by atoms with Crippen LogP contribution in [0.3, 0.4) is 0 Å². The molecule has 118 valence electrons. The summed E-state index contributed by atoms with van der Waals surface area (Å²) in [5, 5.41) is 2.66. The van der Waals surface area contributed by atoms with Gasteiger partial charge in [0, 0.05) is 24.9 Å². The maximum Gasteiger partial charge on any atom is 0.252 e. The van der Waals surface area contributed by atoms with Crippen LogP contribution in [0.4, 0.5) is 0 Å². The molecule has 1 fully saturated rings. The maximum atomic E-state index is 12.6. The van der Waals surface area contributed by atoms with Gasteiger partial charge in [-0.1, -0.05) is 6.92 Å². The van der Waals surface area contributed by atoms with Crippen molar-refractivity contribution in [3.63, 3.8) is 0 Å². The van der Waals surface area contributed by atoms with E-state index >= 15 is 0 Å². The Morgan fingerprint density at radius 1 is 1.52 bits per heavy atom. The molecular formula is C13H21N3O3S2. The number of thiophene rings is 1. The van der Waals surface area contributed by atoms with E-state index in [9.17, 15) is 13.2 Å². The van der Waals surface area contributed by atoms with Crippen LogP contribution in [0.5, 0.6) is 0 Å². The zero-order valence-corrected chi connectivity index (χ0v) is 13.9. The number of rotatable bonds is 5. The van der Waals surface area contributed by atoms with Gasteiger partial charge >= 0.3 is 0 Å². The molecule has 1 amide bonds. The highest BCUT2D eigenvalue weighted by Gasteiger charge is 2.39. The second-order valence-electron chi connectivity index (χ2n) is 5.73. The van der Waals surface area contributed by atoms with Gasteiger partial charge < -0.3 is 11.1 Å². The van der Waals surface area contributed by atoms with Crippen LogP contribution in [0.1, 0.15) is 25.1 Å². The molecule has 8 heteroatoms. The fraction of sp³-hybridized carbons (Fsp3) is 0.615. The molecule has 3 N–H and O–H groups in total. The summed E-state index contributed by atoms with van der Waals surface area (Å²) in [6.07, 6.45) is 0.785. The van der Waals surface area contributed by atoms with E-state index in [1.54, 1.807) is 12.1 Å². The van der Waals surface area contributed by atoms with Crippen molar-refractivity contribution in [2.45, 2.75) is 31.0 Å². The van der Waals surface area contributed by atoms with Crippen LogP contribution in [0.25, 0.3) is 0 Å². The van der Waals surface area contributed by atoms with Gasteiger partial charge in [0.1, 0.15) is 4.21 Å². The van der Waals surface area contributed by atoms with Crippen molar-refractivity contribution in [2.75, 3.05) is 19.6 Å². The van der Waals surface area contributed by atoms with E-state index in [2.05, 4.69) is 5.32 Å². The fourth-order valence-electron chi connectivity index (χ4n) is 2.28. The Morgan fingerprint density at radius 2 is 2.24 bits per heavy atom. The van der Waals surface area contributed by atoms with Gasteiger partial charge in [0.25, 0.3) is 10.0 Å². The van der Waals surface area contributed by atoms with Crippen molar-refractivity contribution in [1.82, 2.24) is 9.62 Å². The fourth-order valence-corrected chi connectivity index (χ4v) is 5.32. The van der Waals surface area contributed by atoms with Crippen LogP contribution in [-0.2, 0) is 21.4 Å². The van der Waals surface area contributed by atoms with Crippen LogP contribution in [0.2, 0.25) is 0 Å². The summed E-state index contributed by atoms with van der Waals surface area (Å²) >= 11 is 1.20. The van der Waals surface area contributed by atoms with Gasteiger partial charge in [-0.25, -0.2) is 8.42 Å². The second-order valence-corrected chi connectivity index (χ2v) is 9.07. The molecule has 2 heterocycles. The first-order valence-corrected chi connectivity index (χ1v) is 9.06. The maximum absolute atomic E-state index is 12.6. The zero-order chi connectivity index (χ0) is 15.7. The van der Waals surface area contributed by atoms with Gasteiger partial charge in [0.2, 0.25) is 5.91 Å². The summed E-state index contributed by atoms with van der Waals surface area (Å²) in [6, 6.07) is 3.35. The molecule has 0 bridgehead atoms. The predicted octanol–water partition coefficient (Wildman–Crippen LogP) is 0.744. The van der Waals surface area contributed by atoms with E-state index < -0.39 is 10.0 Å². The number of amides is 1. The SMILES string of the molecule is CC(=O)NCc1ccc(S(=O)(=O)N2CCC(C)(CN)C2)s1. The third kappa shape index (κ3) is 3.63. The minimum Gasteiger partial charge on any atom is -0.351 e. The minimum atomic E-state index is -3.45. The highest BCUT2D eigenvalue weighted by Crippen LogP contribution is 2.34. The van der Waals surface area contributed by atoms with Gasteiger partial charge in [-0.15, -0.1) is 11.3 Å². The lowest BCUT2D eigenvalue weighted by Gasteiger charge is -2.21. The van der Waals surface area contributed by atoms with Crippen LogP contribution >= 0.6 is 11.3 Å². The third-order valence-corrected chi connectivity index (χ3v) is 7.16. The molecule has 1 aliphatic rings. The van der Waals surface area contributed by atoms with Crippen molar-refractivity contribution in [3.8, 4) is 0 Å². The van der Waals surface area contributed by atoms with Crippen molar-refractivity contribution < 1.29 is 13.2 Å². The Balaban J connectivity index is 2.12. The largest absolute Gasteiger partial charge is 0.351 e. The molecule has 1 unspecified atom stereocenters. The quantitative estimate of drug-likeness (QED) is 0.832. The number of carbonyl (C=O) groups is 1. The number of nitrogens with one attached hydrogen (secondary N) is 1. The molecule has 21 heavy (non-hydrogen) atoms. The third-order valence-electron chi connectivity index (χ3n) is 3.76. The van der Waals surface area contributed by atoms with Crippen LogP contribution in [-0.4, -0.2) is 38.3 Å². The molecule has 1 aromatic heterocycles. The summed E-state index contributed by atoms with van der Waals surface area (Å²) in [6.45, 7) is 5.26. The molecular weight excluding hydrogens is 310 g/mol. The van der Waals surface area contributed by atoms with E-state index in [4.69, 9.17) is 5.73 Å². The Labute approximate surface area is 129 Å². The Bertz CT molecular complexity index is 626. The van der Waals surface area contributed by atoms with Crippen LogP contribution < -0.4 is 11.1 Å². The molecule has 0 aromatic carbocycles. The zero-order valence-electron chi connectivity index (χ0n) is 12.3. The molecule has 0 radical (unpaired) electrons. The molecule has 2 rings (SSSR count). The molecule has 0 saturated carbocycles. The van der Waals surface area contributed by atoms with Crippen molar-refractivity contribution in [1.29, 1.82) is 0 Å². The number of carbonyl (C=O) groups excluding carboxylic acids is 1. The van der Waals surface area contributed by atoms with E-state index in [1.165, 1.54) is 22.6 Å². The van der Waals surface area contributed by atoms with E-state index in [0.717, 1.165) is 11.3 Å². The lowest BCUT2D eigenvalue weighted by Crippen LogP contribution is -2.34. The first kappa shape index (κ1) is 16.4. The first-order valence-electron chi connectivity index (χ1n) is 6.80. The smallest absolute Gasteiger partial charge is 0.252 e. The molecule has 1 atom stereocenters. The van der Waals surface area contributed by atoms with Gasteiger partial charge in [-0.05, 0) is 30.5 Å². The van der Waals surface area contributed by atoms with Gasteiger partial charge in [0.05, 0.1) is 6.54 Å². The monoisotopic (exact) mass is 331 g/mol. The molecule has 1 aliphatic heterocycles. The number of nitrogens with two attached hydrogens (primary N) is 1. The van der Waals surface area contributed by atoms with Crippen molar-refractivity contribution >= 4 is 27.3 Å². The standard InChI is InChI=1S/C13H21N3O3S2/c1-10(17)15-7-11-3-4-12(20-11)21(18,19)16-6-5-13(2,8-14)9-16/h3-4H,5-9,14H2,1-2H3,(H,15,17). The molecule has 6 nitrogen and oxygen atoms in total. The number of hydrogen-bond acceptors (Lipinski definition) is 5. The Kier molecular flexibility index (Phi) is 4.72. The summed E-state index contributed by atoms with van der Waals surface area (Å²) in [7, 11) is -3.45. The predicted molar refractivity (Wildman–Crippen MR) is 82.4 cm³/mol. The van der Waals surface area contributed by atoms with Crippen LogP contribution in [0.15, 0.2) is 16.3 Å². The average molecular weight is 331 g/mol. The van der Waals surface area contributed by atoms with Gasteiger partial charge in [-0.3, -0.25) is 4.79 Å².